The van der Waals surface area contributed by atoms with Crippen molar-refractivity contribution in [3.05, 3.63) is 79.0 Å². The van der Waals surface area contributed by atoms with E-state index in [-0.39, 0.29) is 11.7 Å². The molecule has 0 spiro atoms. The van der Waals surface area contributed by atoms with E-state index in [1.54, 1.807) is 24.7 Å². The van der Waals surface area contributed by atoms with Crippen molar-refractivity contribution in [2.75, 3.05) is 5.32 Å². The number of benzene rings is 2. The topological polar surface area (TPSA) is 112 Å². The third-order valence-corrected chi connectivity index (χ3v) is 6.11. The van der Waals surface area contributed by atoms with Gasteiger partial charge in [0.25, 0.3) is 0 Å². The van der Waals surface area contributed by atoms with Gasteiger partial charge in [-0.15, -0.1) is 0 Å². The Morgan fingerprint density at radius 1 is 1.00 bits per heavy atom. The summed E-state index contributed by atoms with van der Waals surface area (Å²) in [5, 5.41) is 11.2. The summed E-state index contributed by atoms with van der Waals surface area (Å²) in [7, 11) is 0. The highest BCUT2D eigenvalue weighted by atomic mass is 19.1. The summed E-state index contributed by atoms with van der Waals surface area (Å²) in [4.78, 5) is 29.0. The Labute approximate surface area is 211 Å². The van der Waals surface area contributed by atoms with Crippen LogP contribution in [0.15, 0.2) is 73.2 Å². The number of imidazole rings is 1. The molecule has 9 heteroatoms. The third kappa shape index (κ3) is 4.31. The lowest BCUT2D eigenvalue weighted by molar-refractivity contribution is -0.116. The Kier molecular flexibility index (Phi) is 5.65. The molecule has 6 aromatic rings. The van der Waals surface area contributed by atoms with E-state index < -0.39 is 0 Å². The van der Waals surface area contributed by atoms with E-state index in [0.717, 1.165) is 45.0 Å². The maximum absolute atomic E-state index is 13.9. The number of fused-ring (bicyclic) bond motifs is 2. The third-order valence-electron chi connectivity index (χ3n) is 6.11. The lowest BCUT2D eigenvalue weighted by atomic mass is 10.0. The predicted octanol–water partition coefficient (Wildman–Crippen LogP) is 6.11. The number of hydrogen-bond acceptors (Lipinski definition) is 5. The van der Waals surface area contributed by atoms with Crippen LogP contribution in [0.25, 0.3) is 55.8 Å². The van der Waals surface area contributed by atoms with Gasteiger partial charge >= 0.3 is 0 Å². The van der Waals surface area contributed by atoms with Gasteiger partial charge in [0, 0.05) is 29.1 Å². The van der Waals surface area contributed by atoms with Crippen molar-refractivity contribution < 1.29 is 9.18 Å². The van der Waals surface area contributed by atoms with Gasteiger partial charge < -0.3 is 10.3 Å². The summed E-state index contributed by atoms with van der Waals surface area (Å²) < 4.78 is 13.9. The van der Waals surface area contributed by atoms with Crippen molar-refractivity contribution in [1.29, 1.82) is 0 Å². The van der Waals surface area contributed by atoms with Crippen LogP contribution in [0.3, 0.4) is 0 Å². The molecule has 4 heterocycles. The van der Waals surface area contributed by atoms with Gasteiger partial charge in [-0.1, -0.05) is 31.2 Å². The Bertz CT molecular complexity index is 1770. The van der Waals surface area contributed by atoms with Crippen LogP contribution < -0.4 is 5.32 Å². The number of nitrogens with one attached hydrogen (secondary N) is 3. The highest BCUT2D eigenvalue weighted by Gasteiger charge is 2.16. The van der Waals surface area contributed by atoms with E-state index in [1.807, 2.05) is 43.3 Å². The smallest absolute Gasteiger partial charge is 0.224 e. The summed E-state index contributed by atoms with van der Waals surface area (Å²) >= 11 is 0. The zero-order chi connectivity index (χ0) is 25.4. The van der Waals surface area contributed by atoms with Crippen LogP contribution in [0, 0.1) is 5.82 Å². The number of para-hydroxylation sites is 1. The van der Waals surface area contributed by atoms with Crippen molar-refractivity contribution in [1.82, 2.24) is 30.1 Å². The van der Waals surface area contributed by atoms with Crippen molar-refractivity contribution in [2.24, 2.45) is 0 Å². The molecule has 4 aromatic heterocycles. The zero-order valence-electron chi connectivity index (χ0n) is 19.9. The fourth-order valence-electron chi connectivity index (χ4n) is 4.39. The van der Waals surface area contributed by atoms with Crippen LogP contribution in [-0.4, -0.2) is 36.0 Å². The summed E-state index contributed by atoms with van der Waals surface area (Å²) in [6.45, 7) is 1.96. The van der Waals surface area contributed by atoms with Crippen LogP contribution in [0.4, 0.5) is 10.1 Å². The Morgan fingerprint density at radius 2 is 1.89 bits per heavy atom. The number of carbonyl (C=O) groups excluding carboxylic acids is 1. The Hall–Kier alpha value is -4.92. The Morgan fingerprint density at radius 3 is 2.76 bits per heavy atom. The van der Waals surface area contributed by atoms with Crippen molar-refractivity contribution >= 4 is 33.5 Å². The number of amides is 1. The molecule has 0 aliphatic heterocycles. The fourth-order valence-corrected chi connectivity index (χ4v) is 4.39. The number of nitrogens with zero attached hydrogens (tertiary/aromatic N) is 4. The van der Waals surface area contributed by atoms with Gasteiger partial charge in [0.2, 0.25) is 5.91 Å². The second-order valence-electron chi connectivity index (χ2n) is 8.75. The molecule has 0 saturated carbocycles. The molecule has 8 nitrogen and oxygen atoms in total. The molecule has 6 rings (SSSR count). The lowest BCUT2D eigenvalue weighted by Gasteiger charge is -2.06. The molecule has 0 aliphatic rings. The first kappa shape index (κ1) is 22.5. The minimum Gasteiger partial charge on any atom is -0.337 e. The van der Waals surface area contributed by atoms with E-state index in [0.29, 0.717) is 29.3 Å². The Balaban J connectivity index is 1.40. The number of aromatic nitrogens is 6. The average Bonchev–Trinajstić information content (AvgIpc) is 3.52. The highest BCUT2D eigenvalue weighted by molar-refractivity contribution is 5.98. The summed E-state index contributed by atoms with van der Waals surface area (Å²) in [6.07, 6.45) is 6.25. The maximum Gasteiger partial charge on any atom is 0.224 e. The van der Waals surface area contributed by atoms with E-state index in [4.69, 9.17) is 4.98 Å². The lowest BCUT2D eigenvalue weighted by Crippen LogP contribution is -2.10. The SMILES string of the molecule is CCCC(=O)Nc1cncc(-c2cc3c(-c4nc5c(-c6cccc(F)c6)cccc5[nH]4)n[nH]c3cn2)c1. The fraction of sp³-hybridized carbons (Fsp3) is 0.107. The van der Waals surface area contributed by atoms with Gasteiger partial charge in [0.1, 0.15) is 11.5 Å². The van der Waals surface area contributed by atoms with Crippen molar-refractivity contribution in [3.8, 4) is 33.9 Å². The number of aromatic amines is 2. The number of anilines is 1. The van der Waals surface area contributed by atoms with Gasteiger partial charge in [-0.2, -0.15) is 5.10 Å². The first-order valence-electron chi connectivity index (χ1n) is 11.9. The van der Waals surface area contributed by atoms with Crippen LogP contribution in [0.5, 0.6) is 0 Å². The summed E-state index contributed by atoms with van der Waals surface area (Å²) in [5.41, 5.74) is 6.59. The standard InChI is InChI=1S/C28H22FN7O/c1-2-5-25(37)32-19-11-17(13-30-14-19)23-12-21-24(15-31-23)35-36-27(21)28-33-22-9-4-8-20(26(22)34-28)16-6-3-7-18(29)10-16/h3-4,6-15H,2,5H2,1H3,(H,32,37)(H,33,34)(H,35,36). The minimum atomic E-state index is -0.299. The molecule has 37 heavy (non-hydrogen) atoms. The quantitative estimate of drug-likeness (QED) is 0.260. The van der Waals surface area contributed by atoms with Crippen molar-refractivity contribution in [2.45, 2.75) is 19.8 Å². The number of pyridine rings is 2. The van der Waals surface area contributed by atoms with Gasteiger partial charge in [-0.25, -0.2) is 9.37 Å². The van der Waals surface area contributed by atoms with Crippen LogP contribution in [-0.2, 0) is 4.79 Å². The first-order valence-corrected chi connectivity index (χ1v) is 11.9. The average molecular weight is 492 g/mol. The van der Waals surface area contributed by atoms with E-state index in [1.165, 1.54) is 12.1 Å². The molecule has 0 aliphatic carbocycles. The van der Waals surface area contributed by atoms with E-state index in [9.17, 15) is 9.18 Å². The molecule has 0 bridgehead atoms. The molecule has 0 atom stereocenters. The number of hydrogen-bond donors (Lipinski definition) is 3. The number of halogens is 1. The second kappa shape index (κ2) is 9.27. The normalized spacial score (nSPS) is 11.3. The van der Waals surface area contributed by atoms with E-state index >= 15 is 0 Å². The van der Waals surface area contributed by atoms with Gasteiger partial charge in [0.15, 0.2) is 5.82 Å². The monoisotopic (exact) mass is 491 g/mol. The molecule has 0 radical (unpaired) electrons. The van der Waals surface area contributed by atoms with Gasteiger partial charge in [0.05, 0.1) is 40.3 Å². The maximum atomic E-state index is 13.9. The van der Waals surface area contributed by atoms with Gasteiger partial charge in [-0.05, 0) is 42.3 Å². The molecular weight excluding hydrogens is 469 g/mol. The summed E-state index contributed by atoms with van der Waals surface area (Å²) in [6, 6.07) is 16.0. The number of rotatable bonds is 6. The molecule has 1 amide bonds. The predicted molar refractivity (Wildman–Crippen MR) is 141 cm³/mol. The number of carbonyl (C=O) groups is 1. The zero-order valence-corrected chi connectivity index (χ0v) is 19.9. The molecule has 0 saturated heterocycles. The molecular formula is C28H22FN7O. The minimum absolute atomic E-state index is 0.0514. The van der Waals surface area contributed by atoms with Crippen LogP contribution >= 0.6 is 0 Å². The van der Waals surface area contributed by atoms with Crippen LogP contribution in [0.2, 0.25) is 0 Å². The van der Waals surface area contributed by atoms with Gasteiger partial charge in [-0.3, -0.25) is 19.9 Å². The molecule has 3 N–H and O–H groups in total. The largest absolute Gasteiger partial charge is 0.337 e. The highest BCUT2D eigenvalue weighted by Crippen LogP contribution is 2.33. The van der Waals surface area contributed by atoms with Crippen LogP contribution in [0.1, 0.15) is 19.8 Å². The molecule has 2 aromatic carbocycles. The van der Waals surface area contributed by atoms with Crippen molar-refractivity contribution in [3.63, 3.8) is 0 Å². The summed E-state index contributed by atoms with van der Waals surface area (Å²) in [5.74, 6) is 0.234. The second-order valence-corrected chi connectivity index (χ2v) is 8.75. The number of H-pyrrole nitrogens is 2. The molecule has 0 unspecified atom stereocenters. The van der Waals surface area contributed by atoms with E-state index in [2.05, 4.69) is 30.5 Å². The molecule has 182 valence electrons. The first-order chi connectivity index (χ1) is 18.1. The molecule has 0 fully saturated rings.